The van der Waals surface area contributed by atoms with Crippen LogP contribution in [0.5, 0.6) is 0 Å². The number of allylic oxidation sites excluding steroid dienone is 1. The minimum atomic E-state index is -0.436. The Morgan fingerprint density at radius 3 is 2.12 bits per heavy atom. The fraction of sp³-hybridized carbons (Fsp3) is 0.846. The second kappa shape index (κ2) is 8.61. The molecule has 3 nitrogen and oxygen atoms in total. The van der Waals surface area contributed by atoms with Gasteiger partial charge in [0.1, 0.15) is 6.67 Å². The van der Waals surface area contributed by atoms with Gasteiger partial charge < -0.3 is 14.2 Å². The zero-order valence-electron chi connectivity index (χ0n) is 10.8. The summed E-state index contributed by atoms with van der Waals surface area (Å²) in [6.07, 6.45) is 2.26. The van der Waals surface area contributed by atoms with E-state index < -0.39 is 6.67 Å². The Bertz CT molecular complexity index is 231. The summed E-state index contributed by atoms with van der Waals surface area (Å²) in [7, 11) is 0. The molecule has 0 aliphatic heterocycles. The average molecular weight is 245 g/mol. The van der Waals surface area contributed by atoms with Gasteiger partial charge in [0.15, 0.2) is 0 Å². The van der Waals surface area contributed by atoms with Crippen molar-refractivity contribution in [3.05, 3.63) is 11.6 Å². The summed E-state index contributed by atoms with van der Waals surface area (Å²) < 4.78 is 27.3. The van der Waals surface area contributed by atoms with Crippen LogP contribution in [-0.4, -0.2) is 46.3 Å². The lowest BCUT2D eigenvalue weighted by molar-refractivity contribution is 0.0145. The molecule has 0 saturated carbocycles. The number of hydrogen-bond donors (Lipinski definition) is 0. The summed E-state index contributed by atoms with van der Waals surface area (Å²) in [5.41, 5.74) is 1.39. The van der Waals surface area contributed by atoms with Gasteiger partial charge in [0.25, 0.3) is 0 Å². The lowest BCUT2D eigenvalue weighted by Crippen LogP contribution is -2.23. The first kappa shape index (κ1) is 14.6. The first-order valence-corrected chi connectivity index (χ1v) is 6.25. The van der Waals surface area contributed by atoms with Gasteiger partial charge >= 0.3 is 0 Å². The van der Waals surface area contributed by atoms with Crippen LogP contribution in [0.25, 0.3) is 0 Å². The van der Waals surface area contributed by atoms with E-state index in [0.717, 1.165) is 0 Å². The number of rotatable bonds is 10. The van der Waals surface area contributed by atoms with E-state index in [9.17, 15) is 4.39 Å². The van der Waals surface area contributed by atoms with Gasteiger partial charge in [-0.2, -0.15) is 0 Å². The highest BCUT2D eigenvalue weighted by molar-refractivity contribution is 5.20. The van der Waals surface area contributed by atoms with Crippen molar-refractivity contribution in [3.8, 4) is 0 Å². The number of ether oxygens (including phenoxy) is 3. The number of hydrogen-bond acceptors (Lipinski definition) is 3. The normalized spacial score (nSPS) is 23.4. The first-order valence-electron chi connectivity index (χ1n) is 6.25. The molecule has 2 unspecified atom stereocenters. The highest BCUT2D eigenvalue weighted by atomic mass is 18.2. The fourth-order valence-corrected chi connectivity index (χ4v) is 1.72. The molecule has 0 amide bonds. The van der Waals surface area contributed by atoms with Crippen LogP contribution in [0.1, 0.15) is 13.8 Å². The van der Waals surface area contributed by atoms with E-state index >= 15 is 0 Å². The molecule has 0 heterocycles. The molecule has 17 heavy (non-hydrogen) atoms. The van der Waals surface area contributed by atoms with E-state index in [1.165, 1.54) is 5.57 Å². The van der Waals surface area contributed by atoms with Crippen LogP contribution < -0.4 is 0 Å². The Labute approximate surface area is 103 Å². The predicted molar refractivity (Wildman–Crippen MR) is 64.8 cm³/mol. The number of halogens is 1. The first-order chi connectivity index (χ1) is 8.25. The van der Waals surface area contributed by atoms with Crippen molar-refractivity contribution in [1.29, 1.82) is 0 Å². The van der Waals surface area contributed by atoms with Crippen molar-refractivity contribution in [2.24, 2.45) is 11.8 Å². The van der Waals surface area contributed by atoms with E-state index in [-0.39, 0.29) is 6.61 Å². The molecular weight excluding hydrogens is 222 g/mol. The number of alkyl halides is 1. The van der Waals surface area contributed by atoms with Gasteiger partial charge in [-0.25, -0.2) is 4.39 Å². The minimum absolute atomic E-state index is 0.157. The van der Waals surface area contributed by atoms with Crippen LogP contribution in [0.15, 0.2) is 11.6 Å². The van der Waals surface area contributed by atoms with Crippen LogP contribution in [0.2, 0.25) is 0 Å². The van der Waals surface area contributed by atoms with Crippen LogP contribution in [0.3, 0.4) is 0 Å². The second-order valence-electron chi connectivity index (χ2n) is 4.36. The van der Waals surface area contributed by atoms with E-state index in [1.807, 2.05) is 0 Å². The zero-order chi connectivity index (χ0) is 12.5. The smallest absolute Gasteiger partial charge is 0.113 e. The van der Waals surface area contributed by atoms with Gasteiger partial charge in [-0.1, -0.05) is 19.9 Å². The topological polar surface area (TPSA) is 27.7 Å². The van der Waals surface area contributed by atoms with E-state index in [1.54, 1.807) is 0 Å². The standard InChI is InChI=1S/C13H23FO3/c1-11-9-13(12(11)2)10-17-8-7-16-6-5-15-4-3-14/h9,11-12H,3-8,10H2,1-2H3/i14-1. The van der Waals surface area contributed by atoms with Crippen LogP contribution in [0.4, 0.5) is 4.39 Å². The molecule has 2 atom stereocenters. The maximum Gasteiger partial charge on any atom is 0.113 e. The van der Waals surface area contributed by atoms with Gasteiger partial charge in [-0.05, 0) is 17.4 Å². The van der Waals surface area contributed by atoms with Crippen molar-refractivity contribution in [1.82, 2.24) is 0 Å². The molecule has 0 aromatic rings. The molecule has 0 saturated heterocycles. The molecule has 4 heteroatoms. The molecule has 0 bridgehead atoms. The molecule has 0 aromatic heterocycles. The monoisotopic (exact) mass is 245 g/mol. The maximum absolute atomic E-state index is 11.7. The Hall–Kier alpha value is -0.450. The van der Waals surface area contributed by atoms with Crippen molar-refractivity contribution in [2.45, 2.75) is 13.8 Å². The van der Waals surface area contributed by atoms with Crippen LogP contribution >= 0.6 is 0 Å². The van der Waals surface area contributed by atoms with E-state index in [0.29, 0.717) is 44.9 Å². The molecule has 0 radical (unpaired) electrons. The summed E-state index contributed by atoms with van der Waals surface area (Å²) in [5.74, 6) is 1.35. The van der Waals surface area contributed by atoms with Crippen molar-refractivity contribution < 1.29 is 18.6 Å². The lowest BCUT2D eigenvalue weighted by atomic mass is 9.77. The summed E-state index contributed by atoms with van der Waals surface area (Å²) in [6.45, 7) is 6.99. The second-order valence-corrected chi connectivity index (χ2v) is 4.36. The molecule has 1 rings (SSSR count). The Kier molecular flexibility index (Phi) is 7.40. The molecule has 1 aliphatic rings. The fourth-order valence-electron chi connectivity index (χ4n) is 1.72. The molecule has 0 N–H and O–H groups in total. The molecular formula is C13H23FO3. The third-order valence-electron chi connectivity index (χ3n) is 3.08. The molecule has 0 aromatic carbocycles. The van der Waals surface area contributed by atoms with Crippen LogP contribution in [0, 0.1) is 11.8 Å². The summed E-state index contributed by atoms with van der Waals surface area (Å²) >= 11 is 0. The Morgan fingerprint density at radius 1 is 1.00 bits per heavy atom. The third-order valence-corrected chi connectivity index (χ3v) is 3.08. The van der Waals surface area contributed by atoms with Gasteiger partial charge in [-0.15, -0.1) is 0 Å². The van der Waals surface area contributed by atoms with Gasteiger partial charge in [-0.3, -0.25) is 0 Å². The van der Waals surface area contributed by atoms with Gasteiger partial charge in [0, 0.05) is 0 Å². The zero-order valence-corrected chi connectivity index (χ0v) is 10.8. The van der Waals surface area contributed by atoms with E-state index in [2.05, 4.69) is 19.9 Å². The Morgan fingerprint density at radius 2 is 1.59 bits per heavy atom. The summed E-state index contributed by atoms with van der Waals surface area (Å²) in [5, 5.41) is 0. The lowest BCUT2D eigenvalue weighted by Gasteiger charge is -2.30. The van der Waals surface area contributed by atoms with E-state index in [4.69, 9.17) is 14.2 Å². The third kappa shape index (κ3) is 5.61. The van der Waals surface area contributed by atoms with Crippen molar-refractivity contribution in [3.63, 3.8) is 0 Å². The summed E-state index contributed by atoms with van der Waals surface area (Å²) in [6, 6.07) is 0. The van der Waals surface area contributed by atoms with Gasteiger partial charge in [0.05, 0.1) is 39.6 Å². The van der Waals surface area contributed by atoms with Crippen LogP contribution in [-0.2, 0) is 14.2 Å². The highest BCUT2D eigenvalue weighted by Crippen LogP contribution is 2.32. The van der Waals surface area contributed by atoms with Crippen molar-refractivity contribution in [2.75, 3.05) is 46.3 Å². The quantitative estimate of drug-likeness (QED) is 0.436. The molecule has 0 spiro atoms. The minimum Gasteiger partial charge on any atom is -0.377 e. The molecule has 100 valence electrons. The predicted octanol–water partition coefficient (Wildman–Crippen LogP) is 2.22. The molecule has 0 fully saturated rings. The SMILES string of the molecule is CC1C=C(COCCOCCOCC[18F])C1C. The molecule has 1 aliphatic carbocycles. The Balaban J connectivity index is 1.81. The largest absolute Gasteiger partial charge is 0.377 e. The van der Waals surface area contributed by atoms with Crippen molar-refractivity contribution >= 4 is 0 Å². The summed E-state index contributed by atoms with van der Waals surface area (Å²) in [4.78, 5) is 0. The highest BCUT2D eigenvalue weighted by Gasteiger charge is 2.23. The van der Waals surface area contributed by atoms with Gasteiger partial charge in [0.2, 0.25) is 0 Å². The maximum atomic E-state index is 11.7. The average Bonchev–Trinajstić information content (AvgIpc) is 2.35.